The smallest absolute Gasteiger partial charge is 0.240 e. The van der Waals surface area contributed by atoms with E-state index in [9.17, 15) is 18.0 Å². The molecular weight excluding hydrogens is 434 g/mol. The number of likely N-dealkylation sites (N-methyl/N-ethyl adjacent to an activating group) is 1. The van der Waals surface area contributed by atoms with Gasteiger partial charge in [-0.2, -0.15) is 19.7 Å². The van der Waals surface area contributed by atoms with Gasteiger partial charge in [0.25, 0.3) is 0 Å². The van der Waals surface area contributed by atoms with Crippen molar-refractivity contribution < 1.29 is 18.0 Å². The first-order valence-corrected chi connectivity index (χ1v) is 12.0. The molecule has 32 heavy (non-hydrogen) atoms. The van der Waals surface area contributed by atoms with E-state index in [1.807, 2.05) is 37.4 Å². The maximum absolute atomic E-state index is 13.1. The number of carbonyl (C=O) groups excluding carboxylic acids is 2. The average molecular weight is 464 g/mol. The molecule has 12 heteroatoms. The van der Waals surface area contributed by atoms with Crippen LogP contribution in [0.4, 0.5) is 0 Å². The number of primary amides is 1. The van der Waals surface area contributed by atoms with Crippen molar-refractivity contribution in [2.75, 3.05) is 39.0 Å². The van der Waals surface area contributed by atoms with Gasteiger partial charge in [-0.15, -0.1) is 0 Å². The van der Waals surface area contributed by atoms with Gasteiger partial charge in [-0.3, -0.25) is 9.59 Å². The van der Waals surface area contributed by atoms with Crippen LogP contribution in [-0.2, 0) is 32.5 Å². The van der Waals surface area contributed by atoms with E-state index in [4.69, 9.17) is 5.73 Å². The van der Waals surface area contributed by atoms with Gasteiger partial charge in [0.05, 0.1) is 23.6 Å². The Balaban J connectivity index is 1.76. The number of sulfonamides is 1. The zero-order chi connectivity index (χ0) is 23.1. The molecule has 0 radical (unpaired) electrons. The molecular formula is C20H29N7O4S. The van der Waals surface area contributed by atoms with Crippen LogP contribution in [0.5, 0.6) is 0 Å². The quantitative estimate of drug-likeness (QED) is 0.398. The number of hydrogen-bond acceptors (Lipinski definition) is 7. The number of hydrogen-bond donors (Lipinski definition) is 3. The number of nitrogens with one attached hydrogen (secondary N) is 2. The van der Waals surface area contributed by atoms with Crippen LogP contribution >= 0.6 is 0 Å². The molecule has 174 valence electrons. The van der Waals surface area contributed by atoms with Gasteiger partial charge in [0.1, 0.15) is 6.04 Å². The van der Waals surface area contributed by atoms with Gasteiger partial charge in [-0.05, 0) is 19.0 Å². The van der Waals surface area contributed by atoms with Crippen LogP contribution in [0.15, 0.2) is 36.5 Å². The maximum Gasteiger partial charge on any atom is 0.240 e. The second kappa shape index (κ2) is 10.7. The van der Waals surface area contributed by atoms with Crippen molar-refractivity contribution in [3.05, 3.63) is 47.8 Å². The lowest BCUT2D eigenvalue weighted by Gasteiger charge is -2.32. The van der Waals surface area contributed by atoms with Gasteiger partial charge in [0, 0.05) is 32.6 Å². The standard InChI is InChI=1S/C20H29N7O4S/c1-26-7-9-27(10-8-26)32(30,31)14-16(11-15-5-3-2-4-6-15)20(29)23-18(19(21)28)12-17-13-22-25-24-17/h2-6,13,16,18H,7-12,14H2,1H3,(H2,21,28)(H,23,29)(H,22,24,25). The molecule has 11 nitrogen and oxygen atoms in total. The van der Waals surface area contributed by atoms with Crippen molar-refractivity contribution in [1.29, 1.82) is 0 Å². The van der Waals surface area contributed by atoms with E-state index < -0.39 is 33.8 Å². The summed E-state index contributed by atoms with van der Waals surface area (Å²) in [4.78, 5) is 27.1. The van der Waals surface area contributed by atoms with E-state index in [1.165, 1.54) is 10.5 Å². The third-order valence-electron chi connectivity index (χ3n) is 5.50. The zero-order valence-corrected chi connectivity index (χ0v) is 18.8. The summed E-state index contributed by atoms with van der Waals surface area (Å²) >= 11 is 0. The Kier molecular flexibility index (Phi) is 7.94. The molecule has 1 fully saturated rings. The number of nitrogens with two attached hydrogens (primary N) is 1. The number of piperazine rings is 1. The molecule has 2 heterocycles. The third-order valence-corrected chi connectivity index (χ3v) is 7.48. The van der Waals surface area contributed by atoms with Crippen LogP contribution in [0.25, 0.3) is 0 Å². The predicted molar refractivity (Wildman–Crippen MR) is 118 cm³/mol. The summed E-state index contributed by atoms with van der Waals surface area (Å²) < 4.78 is 27.6. The maximum atomic E-state index is 13.1. The number of aromatic nitrogens is 3. The molecule has 0 aliphatic carbocycles. The topological polar surface area (TPSA) is 154 Å². The summed E-state index contributed by atoms with van der Waals surface area (Å²) in [5, 5.41) is 12.6. The van der Waals surface area contributed by atoms with Gasteiger partial charge in [0.15, 0.2) is 0 Å². The van der Waals surface area contributed by atoms with Crippen LogP contribution in [0.2, 0.25) is 0 Å². The molecule has 1 saturated heterocycles. The van der Waals surface area contributed by atoms with Crippen molar-refractivity contribution in [1.82, 2.24) is 29.9 Å². The molecule has 2 aromatic rings. The number of amides is 2. The fraction of sp³-hybridized carbons (Fsp3) is 0.500. The molecule has 2 unspecified atom stereocenters. The molecule has 1 aromatic heterocycles. The highest BCUT2D eigenvalue weighted by Crippen LogP contribution is 2.16. The van der Waals surface area contributed by atoms with Crippen molar-refractivity contribution >= 4 is 21.8 Å². The number of nitrogens with zero attached hydrogens (tertiary/aromatic N) is 4. The van der Waals surface area contributed by atoms with Gasteiger partial charge in [-0.1, -0.05) is 30.3 Å². The first-order valence-electron chi connectivity index (χ1n) is 10.4. The molecule has 0 spiro atoms. The Labute approximate surface area is 187 Å². The van der Waals surface area contributed by atoms with E-state index in [-0.39, 0.29) is 18.6 Å². The van der Waals surface area contributed by atoms with Crippen LogP contribution in [0, 0.1) is 5.92 Å². The Hall–Kier alpha value is -2.83. The summed E-state index contributed by atoms with van der Waals surface area (Å²) in [5.74, 6) is -2.52. The summed E-state index contributed by atoms with van der Waals surface area (Å²) in [5.41, 5.74) is 6.75. The van der Waals surface area contributed by atoms with Crippen molar-refractivity contribution in [3.63, 3.8) is 0 Å². The summed E-state index contributed by atoms with van der Waals surface area (Å²) in [6.45, 7) is 2.04. The van der Waals surface area contributed by atoms with Gasteiger partial charge in [-0.25, -0.2) is 8.42 Å². The Morgan fingerprint density at radius 1 is 1.16 bits per heavy atom. The largest absolute Gasteiger partial charge is 0.368 e. The van der Waals surface area contributed by atoms with E-state index in [0.29, 0.717) is 31.9 Å². The van der Waals surface area contributed by atoms with Gasteiger partial charge < -0.3 is 16.0 Å². The summed E-state index contributed by atoms with van der Waals surface area (Å²) in [6, 6.07) is 8.15. The van der Waals surface area contributed by atoms with Crippen LogP contribution in [0.1, 0.15) is 11.3 Å². The fourth-order valence-corrected chi connectivity index (χ4v) is 5.31. The van der Waals surface area contributed by atoms with Crippen LogP contribution in [-0.4, -0.2) is 89.9 Å². The molecule has 3 rings (SSSR count). The minimum Gasteiger partial charge on any atom is -0.368 e. The van der Waals surface area contributed by atoms with Crippen molar-refractivity contribution in [3.8, 4) is 0 Å². The SMILES string of the molecule is CN1CCN(S(=O)(=O)CC(Cc2ccccc2)C(=O)NC(Cc2cn[nH]n2)C(N)=O)CC1. The normalized spacial score (nSPS) is 17.5. The van der Waals surface area contributed by atoms with Crippen molar-refractivity contribution in [2.24, 2.45) is 11.7 Å². The second-order valence-electron chi connectivity index (χ2n) is 8.00. The Bertz CT molecular complexity index is 990. The number of H-pyrrole nitrogens is 1. The van der Waals surface area contributed by atoms with Crippen LogP contribution in [0.3, 0.4) is 0 Å². The minimum absolute atomic E-state index is 0.0564. The molecule has 0 bridgehead atoms. The van der Waals surface area contributed by atoms with E-state index in [1.54, 1.807) is 0 Å². The number of carbonyl (C=O) groups is 2. The fourth-order valence-electron chi connectivity index (χ4n) is 3.60. The highest BCUT2D eigenvalue weighted by Gasteiger charge is 2.33. The van der Waals surface area contributed by atoms with Crippen LogP contribution < -0.4 is 11.1 Å². The second-order valence-corrected chi connectivity index (χ2v) is 10.0. The van der Waals surface area contributed by atoms with E-state index >= 15 is 0 Å². The molecule has 1 aromatic carbocycles. The predicted octanol–water partition coefficient (Wildman–Crippen LogP) is -1.25. The Morgan fingerprint density at radius 3 is 2.44 bits per heavy atom. The highest BCUT2D eigenvalue weighted by atomic mass is 32.2. The molecule has 0 saturated carbocycles. The summed E-state index contributed by atoms with van der Waals surface area (Å²) in [7, 11) is -1.74. The highest BCUT2D eigenvalue weighted by molar-refractivity contribution is 7.89. The minimum atomic E-state index is -3.67. The third kappa shape index (κ3) is 6.58. The van der Waals surface area contributed by atoms with Gasteiger partial charge >= 0.3 is 0 Å². The van der Waals surface area contributed by atoms with Crippen molar-refractivity contribution in [2.45, 2.75) is 18.9 Å². The average Bonchev–Trinajstić information content (AvgIpc) is 3.27. The lowest BCUT2D eigenvalue weighted by atomic mass is 9.99. The monoisotopic (exact) mass is 463 g/mol. The first kappa shape index (κ1) is 23.8. The lowest BCUT2D eigenvalue weighted by molar-refractivity contribution is -0.129. The molecule has 2 amide bonds. The van der Waals surface area contributed by atoms with E-state index in [2.05, 4.69) is 25.6 Å². The molecule has 1 aliphatic rings. The van der Waals surface area contributed by atoms with Gasteiger partial charge in [0.2, 0.25) is 21.8 Å². The lowest BCUT2D eigenvalue weighted by Crippen LogP contribution is -2.52. The number of benzene rings is 1. The zero-order valence-electron chi connectivity index (χ0n) is 18.0. The number of aromatic amines is 1. The number of rotatable bonds is 10. The molecule has 4 N–H and O–H groups in total. The molecule has 2 atom stereocenters. The van der Waals surface area contributed by atoms with E-state index in [0.717, 1.165) is 5.56 Å². The summed E-state index contributed by atoms with van der Waals surface area (Å²) in [6.07, 6.45) is 1.71. The molecule has 1 aliphatic heterocycles. The first-order chi connectivity index (χ1) is 15.2. The Morgan fingerprint density at radius 2 is 1.84 bits per heavy atom.